The van der Waals surface area contributed by atoms with Crippen LogP contribution in [0, 0.1) is 31.5 Å². The Kier molecular flexibility index (Phi) is 8.51. The zero-order chi connectivity index (χ0) is 32.9. The first kappa shape index (κ1) is 31.9. The van der Waals surface area contributed by atoms with E-state index in [0.717, 1.165) is 37.7 Å². The summed E-state index contributed by atoms with van der Waals surface area (Å²) in [5.74, 6) is -1.27. The molecule has 6 rings (SSSR count). The van der Waals surface area contributed by atoms with Crippen molar-refractivity contribution in [2.75, 3.05) is 26.2 Å². The summed E-state index contributed by atoms with van der Waals surface area (Å²) in [6, 6.07) is 2.90. The molecule has 1 aliphatic carbocycles. The van der Waals surface area contributed by atoms with Crippen LogP contribution < -0.4 is 10.1 Å². The average molecular weight is 636 g/mol. The van der Waals surface area contributed by atoms with Crippen molar-refractivity contribution in [2.45, 2.75) is 84.8 Å². The van der Waals surface area contributed by atoms with E-state index in [-0.39, 0.29) is 34.7 Å². The lowest BCUT2D eigenvalue weighted by molar-refractivity contribution is -0.160. The van der Waals surface area contributed by atoms with Crippen molar-refractivity contribution in [2.24, 2.45) is 11.8 Å². The Labute approximate surface area is 267 Å². The van der Waals surface area contributed by atoms with Crippen molar-refractivity contribution in [3.8, 4) is 17.0 Å². The van der Waals surface area contributed by atoms with Gasteiger partial charge in [-0.2, -0.15) is 5.10 Å². The number of aromatic nitrogens is 3. The number of hydrogen-bond acceptors (Lipinski definition) is 7. The van der Waals surface area contributed by atoms with E-state index in [1.54, 1.807) is 33.8 Å². The first-order chi connectivity index (χ1) is 21.8. The molecule has 2 N–H and O–H groups in total. The molecular formula is C34H42FN5O6. The van der Waals surface area contributed by atoms with Crippen LogP contribution in [0.5, 0.6) is 5.75 Å². The quantitative estimate of drug-likeness (QED) is 0.361. The number of likely N-dealkylation sites (tertiary alicyclic amines) is 1. The van der Waals surface area contributed by atoms with E-state index in [4.69, 9.17) is 9.47 Å². The van der Waals surface area contributed by atoms with Crippen LogP contribution >= 0.6 is 0 Å². The minimum absolute atomic E-state index is 0.106. The second-order valence-corrected chi connectivity index (χ2v) is 13.8. The topological polar surface area (TPSA) is 135 Å². The summed E-state index contributed by atoms with van der Waals surface area (Å²) in [6.07, 6.45) is 3.49. The number of aryl methyl sites for hydroxylation is 1. The van der Waals surface area contributed by atoms with Gasteiger partial charge in [-0.25, -0.2) is 18.7 Å². The van der Waals surface area contributed by atoms with Gasteiger partial charge in [-0.15, -0.1) is 0 Å². The van der Waals surface area contributed by atoms with Crippen molar-refractivity contribution in [3.05, 3.63) is 46.0 Å². The summed E-state index contributed by atoms with van der Waals surface area (Å²) in [6.45, 7) is 11.1. The number of ether oxygens (including phenoxy) is 2. The second kappa shape index (κ2) is 12.3. The van der Waals surface area contributed by atoms with Crippen molar-refractivity contribution in [1.29, 1.82) is 0 Å². The minimum atomic E-state index is -1.44. The molecule has 46 heavy (non-hydrogen) atoms. The van der Waals surface area contributed by atoms with Gasteiger partial charge in [-0.3, -0.25) is 9.59 Å². The number of carbonyl (C=O) groups excluding carboxylic acids is 2. The molecule has 246 valence electrons. The normalized spacial score (nSPS) is 17.8. The number of fused-ring (bicyclic) bond motifs is 2. The first-order valence-corrected chi connectivity index (χ1v) is 16.2. The van der Waals surface area contributed by atoms with Crippen molar-refractivity contribution in [1.82, 2.24) is 24.8 Å². The number of piperidine rings is 1. The highest BCUT2D eigenvalue weighted by Crippen LogP contribution is 2.41. The van der Waals surface area contributed by atoms with E-state index < -0.39 is 29.4 Å². The molecule has 0 spiro atoms. The van der Waals surface area contributed by atoms with E-state index in [2.05, 4.69) is 15.4 Å². The maximum absolute atomic E-state index is 15.6. The van der Waals surface area contributed by atoms with Crippen LogP contribution in [-0.4, -0.2) is 74.2 Å². The number of rotatable bonds is 8. The third-order valence-corrected chi connectivity index (χ3v) is 9.12. The number of nitrogens with one attached hydrogen (secondary N) is 1. The maximum atomic E-state index is 15.6. The highest BCUT2D eigenvalue weighted by Gasteiger charge is 2.36. The lowest BCUT2D eigenvalue weighted by atomic mass is 9.91. The fourth-order valence-corrected chi connectivity index (χ4v) is 6.58. The third kappa shape index (κ3) is 6.31. The van der Waals surface area contributed by atoms with Crippen LogP contribution in [0.1, 0.15) is 91.9 Å². The summed E-state index contributed by atoms with van der Waals surface area (Å²) in [4.78, 5) is 45.1. The number of halogens is 1. The molecule has 4 heterocycles. The number of nitrogens with zero attached hydrogens (tertiary/aromatic N) is 4. The molecule has 2 aliphatic heterocycles. The lowest BCUT2D eigenvalue weighted by Crippen LogP contribution is -2.42. The average Bonchev–Trinajstić information content (AvgIpc) is 3.78. The Morgan fingerprint density at radius 3 is 2.52 bits per heavy atom. The molecule has 11 nitrogen and oxygen atoms in total. The SMILES string of the molecule is Cc1nc2cc(C(=O)NCC3CCN(C(=O)C4CC4)CC3)nn2c(-c2cc(F)c3c(c2C)CCCO3)c1[C@H](OC(C)(C)C)C(=O)O. The van der Waals surface area contributed by atoms with Crippen LogP contribution in [0.4, 0.5) is 4.39 Å². The van der Waals surface area contributed by atoms with E-state index in [1.807, 2.05) is 11.8 Å². The van der Waals surface area contributed by atoms with Crippen LogP contribution in [0.3, 0.4) is 0 Å². The fraction of sp³-hybridized carbons (Fsp3) is 0.559. The number of carboxylic acids is 1. The molecule has 2 amide bonds. The summed E-state index contributed by atoms with van der Waals surface area (Å²) in [5.41, 5.74) is 2.38. The van der Waals surface area contributed by atoms with Gasteiger partial charge in [0.1, 0.15) is 0 Å². The zero-order valence-electron chi connectivity index (χ0n) is 27.1. The van der Waals surface area contributed by atoms with Gasteiger partial charge in [0.2, 0.25) is 5.91 Å². The molecule has 1 saturated heterocycles. The number of aliphatic carboxylic acids is 1. The predicted octanol–water partition coefficient (Wildman–Crippen LogP) is 4.80. The maximum Gasteiger partial charge on any atom is 0.337 e. The molecule has 2 fully saturated rings. The van der Waals surface area contributed by atoms with Crippen molar-refractivity contribution < 1.29 is 33.4 Å². The smallest absolute Gasteiger partial charge is 0.337 e. The first-order valence-electron chi connectivity index (χ1n) is 16.2. The Hall–Kier alpha value is -4.06. The van der Waals surface area contributed by atoms with E-state index >= 15 is 4.39 Å². The number of amides is 2. The Balaban J connectivity index is 1.36. The molecule has 3 aliphatic rings. The molecule has 12 heteroatoms. The van der Waals surface area contributed by atoms with E-state index in [0.29, 0.717) is 60.8 Å². The van der Waals surface area contributed by atoms with Crippen LogP contribution in [0.15, 0.2) is 12.1 Å². The van der Waals surface area contributed by atoms with E-state index in [1.165, 1.54) is 10.6 Å². The number of benzene rings is 1. The number of carbonyl (C=O) groups is 3. The summed E-state index contributed by atoms with van der Waals surface area (Å²) in [7, 11) is 0. The predicted molar refractivity (Wildman–Crippen MR) is 167 cm³/mol. The van der Waals surface area contributed by atoms with E-state index in [9.17, 15) is 19.5 Å². The summed E-state index contributed by atoms with van der Waals surface area (Å²) < 4.78 is 28.7. The van der Waals surface area contributed by atoms with Crippen molar-refractivity contribution in [3.63, 3.8) is 0 Å². The Morgan fingerprint density at radius 1 is 1.15 bits per heavy atom. The number of hydrogen-bond donors (Lipinski definition) is 2. The van der Waals surface area contributed by atoms with Gasteiger partial charge < -0.3 is 24.8 Å². The van der Waals surface area contributed by atoms with Gasteiger partial charge in [0.05, 0.1) is 17.9 Å². The van der Waals surface area contributed by atoms with Gasteiger partial charge in [-0.05, 0) is 90.7 Å². The van der Waals surface area contributed by atoms with Crippen LogP contribution in [-0.2, 0) is 20.7 Å². The molecule has 2 aromatic heterocycles. The van der Waals surface area contributed by atoms with Gasteiger partial charge in [0, 0.05) is 54.0 Å². The molecule has 1 atom stereocenters. The molecular weight excluding hydrogens is 593 g/mol. The van der Waals surface area contributed by atoms with Gasteiger partial charge in [0.15, 0.2) is 29.0 Å². The highest BCUT2D eigenvalue weighted by atomic mass is 19.1. The molecule has 1 saturated carbocycles. The third-order valence-electron chi connectivity index (χ3n) is 9.12. The summed E-state index contributed by atoms with van der Waals surface area (Å²) >= 11 is 0. The number of carboxylic acid groups (broad SMARTS) is 1. The lowest BCUT2D eigenvalue weighted by Gasteiger charge is -2.32. The largest absolute Gasteiger partial charge is 0.490 e. The van der Waals surface area contributed by atoms with Crippen molar-refractivity contribution >= 4 is 23.4 Å². The standard InChI is InChI=1S/C34H42FN5O6/c1-18-22-7-6-14-45-29(22)24(35)15-23(18)28-27(30(33(43)44)46-34(3,4)5)19(2)37-26-16-25(38-40(26)28)31(41)36-17-20-10-12-39(13-11-20)32(42)21-8-9-21/h15-16,20-21,30H,6-14,17H2,1-5H3,(H,36,41)(H,43,44)/t30-/m0/s1. The molecule has 0 bridgehead atoms. The minimum Gasteiger partial charge on any atom is -0.490 e. The van der Waals surface area contributed by atoms with Gasteiger partial charge in [0.25, 0.3) is 5.91 Å². The molecule has 1 aromatic carbocycles. The van der Waals surface area contributed by atoms with Gasteiger partial charge in [-0.1, -0.05) is 0 Å². The zero-order valence-corrected chi connectivity index (χ0v) is 27.1. The van der Waals surface area contributed by atoms with Gasteiger partial charge >= 0.3 is 5.97 Å². The monoisotopic (exact) mass is 635 g/mol. The second-order valence-electron chi connectivity index (χ2n) is 13.8. The Bertz CT molecular complexity index is 1700. The Morgan fingerprint density at radius 2 is 1.87 bits per heavy atom. The van der Waals surface area contributed by atoms with Crippen LogP contribution in [0.25, 0.3) is 16.9 Å². The highest BCUT2D eigenvalue weighted by molar-refractivity contribution is 5.93. The molecule has 0 radical (unpaired) electrons. The molecule has 0 unspecified atom stereocenters. The molecule has 3 aromatic rings. The van der Waals surface area contributed by atoms with Crippen LogP contribution in [0.2, 0.25) is 0 Å². The summed E-state index contributed by atoms with van der Waals surface area (Å²) in [5, 5.41) is 18.0. The fourth-order valence-electron chi connectivity index (χ4n) is 6.58.